The average molecular weight is 362 g/mol. The second-order valence-electron chi connectivity index (χ2n) is 6.04. The molecule has 3 rings (SSSR count). The standard InChI is InChI=1S/C23H23NOS/c1-3-17-13-10-14-18(4-2)22(17)24-23(26)25-21-16-9-8-15-20(21)19-11-6-5-7-12-19/h5-16H,3-4H2,1-2H3,(H,24,26). The molecule has 1 N–H and O–H groups in total. The van der Waals surface area contributed by atoms with Gasteiger partial charge in [0.05, 0.1) is 0 Å². The number of anilines is 1. The lowest BCUT2D eigenvalue weighted by atomic mass is 10.0. The Morgan fingerprint density at radius 3 is 2.08 bits per heavy atom. The number of nitrogens with one attached hydrogen (secondary N) is 1. The molecule has 3 heteroatoms. The maximum Gasteiger partial charge on any atom is 0.266 e. The lowest BCUT2D eigenvalue weighted by Gasteiger charge is -2.17. The van der Waals surface area contributed by atoms with E-state index < -0.39 is 0 Å². The molecule has 0 spiro atoms. The van der Waals surface area contributed by atoms with Gasteiger partial charge in [-0.1, -0.05) is 80.6 Å². The highest BCUT2D eigenvalue weighted by molar-refractivity contribution is 7.80. The molecule has 3 aromatic carbocycles. The summed E-state index contributed by atoms with van der Waals surface area (Å²) < 4.78 is 6.02. The first-order valence-corrected chi connectivity index (χ1v) is 9.37. The van der Waals surface area contributed by atoms with Gasteiger partial charge in [0, 0.05) is 11.3 Å². The van der Waals surface area contributed by atoms with Gasteiger partial charge in [-0.15, -0.1) is 0 Å². The van der Waals surface area contributed by atoms with Crippen LogP contribution in [-0.2, 0) is 12.8 Å². The number of benzene rings is 3. The molecule has 0 bridgehead atoms. The zero-order chi connectivity index (χ0) is 18.4. The number of hydrogen-bond acceptors (Lipinski definition) is 2. The van der Waals surface area contributed by atoms with Crippen LogP contribution in [0.25, 0.3) is 11.1 Å². The number of aryl methyl sites for hydroxylation is 2. The van der Waals surface area contributed by atoms with E-state index in [0.717, 1.165) is 35.4 Å². The van der Waals surface area contributed by atoms with E-state index >= 15 is 0 Å². The van der Waals surface area contributed by atoms with Crippen molar-refractivity contribution in [3.8, 4) is 16.9 Å². The molecule has 26 heavy (non-hydrogen) atoms. The van der Waals surface area contributed by atoms with E-state index in [2.05, 4.69) is 49.5 Å². The first kappa shape index (κ1) is 18.2. The SMILES string of the molecule is CCc1cccc(CC)c1NC(=S)Oc1ccccc1-c1ccccc1. The van der Waals surface area contributed by atoms with Gasteiger partial charge in [-0.05, 0) is 47.8 Å². The van der Waals surface area contributed by atoms with Crippen LogP contribution in [0.1, 0.15) is 25.0 Å². The highest BCUT2D eigenvalue weighted by Crippen LogP contribution is 2.30. The fraction of sp³-hybridized carbons (Fsp3) is 0.174. The lowest BCUT2D eigenvalue weighted by molar-refractivity contribution is 0.565. The van der Waals surface area contributed by atoms with Gasteiger partial charge in [0.1, 0.15) is 5.75 Å². The second-order valence-corrected chi connectivity index (χ2v) is 6.41. The van der Waals surface area contributed by atoms with Crippen LogP contribution in [0.5, 0.6) is 5.75 Å². The molecule has 0 unspecified atom stereocenters. The third-order valence-electron chi connectivity index (χ3n) is 4.40. The molecular weight excluding hydrogens is 338 g/mol. The summed E-state index contributed by atoms with van der Waals surface area (Å²) in [7, 11) is 0. The Balaban J connectivity index is 1.85. The molecule has 2 nitrogen and oxygen atoms in total. The largest absolute Gasteiger partial charge is 0.431 e. The van der Waals surface area contributed by atoms with Crippen LogP contribution in [0.3, 0.4) is 0 Å². The van der Waals surface area contributed by atoms with Gasteiger partial charge in [0.2, 0.25) is 0 Å². The maximum absolute atomic E-state index is 6.02. The van der Waals surface area contributed by atoms with Gasteiger partial charge >= 0.3 is 0 Å². The van der Waals surface area contributed by atoms with Gasteiger partial charge < -0.3 is 10.1 Å². The highest BCUT2D eigenvalue weighted by atomic mass is 32.1. The number of thiocarbonyl (C=S) groups is 1. The molecule has 0 heterocycles. The van der Waals surface area contributed by atoms with Gasteiger partial charge in [0.25, 0.3) is 5.17 Å². The monoisotopic (exact) mass is 361 g/mol. The van der Waals surface area contributed by atoms with E-state index in [1.165, 1.54) is 11.1 Å². The first-order valence-electron chi connectivity index (χ1n) is 8.97. The summed E-state index contributed by atoms with van der Waals surface area (Å²) in [6.45, 7) is 4.29. The van der Waals surface area contributed by atoms with E-state index in [1.807, 2.05) is 42.5 Å². The molecule has 0 aliphatic rings. The summed E-state index contributed by atoms with van der Waals surface area (Å²) in [6.07, 6.45) is 1.89. The lowest BCUT2D eigenvalue weighted by Crippen LogP contribution is -2.19. The van der Waals surface area contributed by atoms with Crippen molar-refractivity contribution in [3.63, 3.8) is 0 Å². The van der Waals surface area contributed by atoms with Gasteiger partial charge in [-0.2, -0.15) is 0 Å². The predicted molar refractivity (Wildman–Crippen MR) is 114 cm³/mol. The Labute approximate surface area is 160 Å². The van der Waals surface area contributed by atoms with Crippen molar-refractivity contribution in [1.82, 2.24) is 0 Å². The highest BCUT2D eigenvalue weighted by Gasteiger charge is 2.11. The minimum atomic E-state index is 0.365. The molecular formula is C23H23NOS. The molecule has 0 aliphatic carbocycles. The summed E-state index contributed by atoms with van der Waals surface area (Å²) in [6, 6.07) is 24.5. The summed E-state index contributed by atoms with van der Waals surface area (Å²) in [5.41, 5.74) is 5.68. The molecule has 0 saturated carbocycles. The van der Waals surface area contributed by atoms with Crippen molar-refractivity contribution in [2.24, 2.45) is 0 Å². The summed E-state index contributed by atoms with van der Waals surface area (Å²) in [5.74, 6) is 0.753. The Hall–Kier alpha value is -2.65. The van der Waals surface area contributed by atoms with Crippen molar-refractivity contribution in [1.29, 1.82) is 0 Å². The van der Waals surface area contributed by atoms with E-state index in [1.54, 1.807) is 0 Å². The van der Waals surface area contributed by atoms with Crippen LogP contribution < -0.4 is 10.1 Å². The quantitative estimate of drug-likeness (QED) is 0.542. The van der Waals surface area contributed by atoms with Crippen LogP contribution in [0.2, 0.25) is 0 Å². The van der Waals surface area contributed by atoms with Crippen LogP contribution in [0.15, 0.2) is 72.8 Å². The topological polar surface area (TPSA) is 21.3 Å². The van der Waals surface area contributed by atoms with E-state index in [0.29, 0.717) is 5.17 Å². The zero-order valence-corrected chi connectivity index (χ0v) is 16.0. The van der Waals surface area contributed by atoms with Crippen molar-refractivity contribution in [3.05, 3.63) is 83.9 Å². The Kier molecular flexibility index (Phi) is 6.03. The van der Waals surface area contributed by atoms with E-state index in [-0.39, 0.29) is 0 Å². The maximum atomic E-state index is 6.02. The van der Waals surface area contributed by atoms with Crippen molar-refractivity contribution in [2.45, 2.75) is 26.7 Å². The Bertz CT molecular complexity index is 867. The molecule has 132 valence electrons. The number of ether oxygens (including phenoxy) is 1. The molecule has 0 atom stereocenters. The third kappa shape index (κ3) is 4.12. The predicted octanol–water partition coefficient (Wildman–Crippen LogP) is 6.25. The molecule has 3 aromatic rings. The van der Waals surface area contributed by atoms with Crippen molar-refractivity contribution < 1.29 is 4.74 Å². The third-order valence-corrected chi connectivity index (χ3v) is 4.59. The van der Waals surface area contributed by atoms with Gasteiger partial charge in [0.15, 0.2) is 0 Å². The Morgan fingerprint density at radius 2 is 1.42 bits per heavy atom. The number of rotatable bonds is 5. The van der Waals surface area contributed by atoms with E-state index in [4.69, 9.17) is 17.0 Å². The second kappa shape index (κ2) is 8.63. The van der Waals surface area contributed by atoms with Crippen molar-refractivity contribution >= 4 is 23.1 Å². The van der Waals surface area contributed by atoms with Crippen LogP contribution in [-0.4, -0.2) is 5.17 Å². The Morgan fingerprint density at radius 1 is 0.808 bits per heavy atom. The molecule has 0 saturated heterocycles. The summed E-state index contributed by atoms with van der Waals surface area (Å²) in [4.78, 5) is 0. The molecule has 0 amide bonds. The minimum absolute atomic E-state index is 0.365. The van der Waals surface area contributed by atoms with Crippen LogP contribution >= 0.6 is 12.2 Å². The summed E-state index contributed by atoms with van der Waals surface area (Å²) in [5, 5.41) is 3.68. The minimum Gasteiger partial charge on any atom is -0.431 e. The fourth-order valence-corrected chi connectivity index (χ4v) is 3.23. The fourth-order valence-electron chi connectivity index (χ4n) is 3.04. The van der Waals surface area contributed by atoms with E-state index in [9.17, 15) is 0 Å². The number of para-hydroxylation sites is 2. The summed E-state index contributed by atoms with van der Waals surface area (Å²) >= 11 is 5.51. The normalized spacial score (nSPS) is 10.4. The molecule has 0 fully saturated rings. The smallest absolute Gasteiger partial charge is 0.266 e. The van der Waals surface area contributed by atoms with Crippen molar-refractivity contribution in [2.75, 3.05) is 5.32 Å². The zero-order valence-electron chi connectivity index (χ0n) is 15.2. The number of hydrogen-bond donors (Lipinski definition) is 1. The average Bonchev–Trinajstić information content (AvgIpc) is 2.69. The molecule has 0 aromatic heterocycles. The van der Waals surface area contributed by atoms with Crippen LogP contribution in [0.4, 0.5) is 5.69 Å². The van der Waals surface area contributed by atoms with Gasteiger partial charge in [-0.25, -0.2) is 0 Å². The van der Waals surface area contributed by atoms with Crippen LogP contribution in [0, 0.1) is 0 Å². The first-order chi connectivity index (χ1) is 12.7. The molecule has 0 aliphatic heterocycles. The molecule has 0 radical (unpaired) electrons. The van der Waals surface area contributed by atoms with Gasteiger partial charge in [-0.3, -0.25) is 0 Å².